The van der Waals surface area contributed by atoms with E-state index in [0.29, 0.717) is 0 Å². The maximum atomic E-state index is 4.16. The summed E-state index contributed by atoms with van der Waals surface area (Å²) in [6, 6.07) is 65.8. The number of nitrogens with zero attached hydrogens (tertiary/aromatic N) is 1. The molecular formula is C49H37N. The third kappa shape index (κ3) is 5.12. The van der Waals surface area contributed by atoms with Crippen molar-refractivity contribution in [1.29, 1.82) is 0 Å². The zero-order valence-electron chi connectivity index (χ0n) is 27.9. The quantitative estimate of drug-likeness (QED) is 0.142. The van der Waals surface area contributed by atoms with Gasteiger partial charge in [-0.2, -0.15) is 0 Å². The molecule has 1 aliphatic rings. The fourth-order valence-electron chi connectivity index (χ4n) is 7.74. The molecule has 0 saturated heterocycles. The van der Waals surface area contributed by atoms with Crippen molar-refractivity contribution < 1.29 is 0 Å². The van der Waals surface area contributed by atoms with Crippen LogP contribution in [0.15, 0.2) is 213 Å². The molecule has 0 spiro atoms. The Bertz CT molecular complexity index is 2290. The summed E-state index contributed by atoms with van der Waals surface area (Å²) in [4.78, 5) is 2.37. The Morgan fingerprint density at radius 1 is 0.480 bits per heavy atom. The van der Waals surface area contributed by atoms with Gasteiger partial charge in [0, 0.05) is 16.9 Å². The van der Waals surface area contributed by atoms with Crippen LogP contribution in [0, 0.1) is 0 Å². The standard InChI is InChI=1S/C49H37N/c1-3-18-36(4-2)43-25-15-17-28-48(43)50(41-31-29-38(30-32-41)37-19-8-5-9-20-37)42-33-34-47-45(35-42)44-26-14-16-27-46(44)49(47,39-21-10-6-11-22-39)40-23-12-7-13-24-40/h3-35H,1-2H2/b36-18+. The second kappa shape index (κ2) is 13.2. The average molecular weight is 640 g/mol. The number of anilines is 3. The summed E-state index contributed by atoms with van der Waals surface area (Å²) in [5.41, 5.74) is 14.8. The summed E-state index contributed by atoms with van der Waals surface area (Å²) in [6.45, 7) is 8.15. The van der Waals surface area contributed by atoms with Crippen LogP contribution < -0.4 is 4.90 Å². The highest BCUT2D eigenvalue weighted by Crippen LogP contribution is 2.57. The second-order valence-corrected chi connectivity index (χ2v) is 12.6. The molecule has 1 heteroatoms. The molecule has 1 aliphatic carbocycles. The van der Waals surface area contributed by atoms with Crippen LogP contribution in [0.25, 0.3) is 27.8 Å². The fraction of sp³-hybridized carbons (Fsp3) is 0.0204. The first-order valence-electron chi connectivity index (χ1n) is 17.1. The van der Waals surface area contributed by atoms with Gasteiger partial charge >= 0.3 is 0 Å². The topological polar surface area (TPSA) is 3.24 Å². The molecule has 0 aromatic heterocycles. The number of benzene rings is 7. The highest BCUT2D eigenvalue weighted by molar-refractivity contribution is 5.93. The molecule has 0 N–H and O–H groups in total. The van der Waals surface area contributed by atoms with E-state index in [1.807, 2.05) is 18.2 Å². The number of fused-ring (bicyclic) bond motifs is 3. The van der Waals surface area contributed by atoms with Gasteiger partial charge in [-0.3, -0.25) is 0 Å². The Morgan fingerprint density at radius 2 is 1.02 bits per heavy atom. The lowest BCUT2D eigenvalue weighted by Gasteiger charge is -2.34. The summed E-state index contributed by atoms with van der Waals surface area (Å²) in [5.74, 6) is 0. The molecule has 0 bridgehead atoms. The first-order chi connectivity index (χ1) is 24.7. The Labute approximate surface area is 295 Å². The van der Waals surface area contributed by atoms with Crippen LogP contribution in [0.2, 0.25) is 0 Å². The summed E-state index contributed by atoms with van der Waals surface area (Å²) >= 11 is 0. The summed E-state index contributed by atoms with van der Waals surface area (Å²) in [5, 5.41) is 0. The molecule has 8 rings (SSSR count). The largest absolute Gasteiger partial charge is 0.310 e. The minimum atomic E-state index is -0.449. The van der Waals surface area contributed by atoms with Gasteiger partial charge in [0.1, 0.15) is 0 Å². The SMILES string of the molecule is C=C/C=C(\C=C)c1ccccc1N(c1ccc(-c2ccccc2)cc1)c1ccc2c(c1)-c1ccccc1C2(c1ccccc1)c1ccccc1. The number of allylic oxidation sites excluding steroid dienone is 4. The van der Waals surface area contributed by atoms with Crippen molar-refractivity contribution in [2.45, 2.75) is 5.41 Å². The molecule has 7 aromatic rings. The van der Waals surface area contributed by atoms with Gasteiger partial charge in [0.05, 0.1) is 11.1 Å². The maximum absolute atomic E-state index is 4.16. The van der Waals surface area contributed by atoms with Gasteiger partial charge in [-0.1, -0.05) is 183 Å². The Hall–Kier alpha value is -6.44. The first kappa shape index (κ1) is 30.9. The van der Waals surface area contributed by atoms with Crippen LogP contribution in [0.5, 0.6) is 0 Å². The van der Waals surface area contributed by atoms with Crippen molar-refractivity contribution in [3.05, 3.63) is 241 Å². The van der Waals surface area contributed by atoms with E-state index >= 15 is 0 Å². The third-order valence-corrected chi connectivity index (χ3v) is 9.91. The van der Waals surface area contributed by atoms with Crippen molar-refractivity contribution in [2.24, 2.45) is 0 Å². The molecule has 0 radical (unpaired) electrons. The monoisotopic (exact) mass is 639 g/mol. The van der Waals surface area contributed by atoms with Crippen LogP contribution >= 0.6 is 0 Å². The van der Waals surface area contributed by atoms with E-state index in [9.17, 15) is 0 Å². The lowest BCUT2D eigenvalue weighted by Crippen LogP contribution is -2.28. The van der Waals surface area contributed by atoms with Gasteiger partial charge in [-0.25, -0.2) is 0 Å². The zero-order chi connectivity index (χ0) is 33.9. The van der Waals surface area contributed by atoms with Crippen LogP contribution in [0.1, 0.15) is 27.8 Å². The van der Waals surface area contributed by atoms with Crippen molar-refractivity contribution in [2.75, 3.05) is 4.90 Å². The zero-order valence-corrected chi connectivity index (χ0v) is 27.9. The predicted molar refractivity (Wildman–Crippen MR) is 212 cm³/mol. The minimum Gasteiger partial charge on any atom is -0.310 e. The molecule has 0 saturated carbocycles. The molecule has 0 heterocycles. The van der Waals surface area contributed by atoms with E-state index in [1.54, 1.807) is 0 Å². The molecular weight excluding hydrogens is 603 g/mol. The Morgan fingerprint density at radius 3 is 1.68 bits per heavy atom. The minimum absolute atomic E-state index is 0.449. The highest BCUT2D eigenvalue weighted by Gasteiger charge is 2.46. The van der Waals surface area contributed by atoms with Crippen molar-refractivity contribution in [3.8, 4) is 22.3 Å². The van der Waals surface area contributed by atoms with Gasteiger partial charge in [0.25, 0.3) is 0 Å². The molecule has 7 aromatic carbocycles. The fourth-order valence-corrected chi connectivity index (χ4v) is 7.74. The maximum Gasteiger partial charge on any atom is 0.0713 e. The van der Waals surface area contributed by atoms with E-state index in [-0.39, 0.29) is 0 Å². The highest BCUT2D eigenvalue weighted by atomic mass is 15.1. The van der Waals surface area contributed by atoms with E-state index in [1.165, 1.54) is 44.5 Å². The number of rotatable bonds is 9. The van der Waals surface area contributed by atoms with Crippen LogP contribution in [-0.4, -0.2) is 0 Å². The van der Waals surface area contributed by atoms with Gasteiger partial charge in [0.2, 0.25) is 0 Å². The number of hydrogen-bond donors (Lipinski definition) is 0. The van der Waals surface area contributed by atoms with E-state index in [4.69, 9.17) is 0 Å². The molecule has 0 amide bonds. The molecule has 50 heavy (non-hydrogen) atoms. The van der Waals surface area contributed by atoms with E-state index in [2.05, 4.69) is 200 Å². The van der Waals surface area contributed by atoms with Crippen LogP contribution in [0.3, 0.4) is 0 Å². The second-order valence-electron chi connectivity index (χ2n) is 12.6. The third-order valence-electron chi connectivity index (χ3n) is 9.91. The van der Waals surface area contributed by atoms with Gasteiger partial charge < -0.3 is 4.90 Å². The smallest absolute Gasteiger partial charge is 0.0713 e. The van der Waals surface area contributed by atoms with E-state index in [0.717, 1.165) is 28.2 Å². The van der Waals surface area contributed by atoms with Gasteiger partial charge in [-0.05, 0) is 80.4 Å². The lowest BCUT2D eigenvalue weighted by molar-refractivity contribution is 0.768. The average Bonchev–Trinajstić information content (AvgIpc) is 3.49. The summed E-state index contributed by atoms with van der Waals surface area (Å²) in [7, 11) is 0. The normalized spacial score (nSPS) is 12.8. The van der Waals surface area contributed by atoms with Crippen LogP contribution in [0.4, 0.5) is 17.1 Å². The van der Waals surface area contributed by atoms with E-state index < -0.39 is 5.41 Å². The Kier molecular flexibility index (Phi) is 8.16. The van der Waals surface area contributed by atoms with Gasteiger partial charge in [0.15, 0.2) is 0 Å². The lowest BCUT2D eigenvalue weighted by atomic mass is 9.68. The summed E-state index contributed by atoms with van der Waals surface area (Å²) in [6.07, 6.45) is 5.76. The van der Waals surface area contributed by atoms with Crippen molar-refractivity contribution in [1.82, 2.24) is 0 Å². The van der Waals surface area contributed by atoms with Gasteiger partial charge in [-0.15, -0.1) is 0 Å². The number of para-hydroxylation sites is 1. The molecule has 1 nitrogen and oxygen atoms in total. The number of hydrogen-bond acceptors (Lipinski definition) is 1. The Balaban J connectivity index is 1.38. The molecule has 0 aliphatic heterocycles. The molecule has 0 atom stereocenters. The van der Waals surface area contributed by atoms with Crippen molar-refractivity contribution in [3.63, 3.8) is 0 Å². The molecule has 0 unspecified atom stereocenters. The van der Waals surface area contributed by atoms with Crippen molar-refractivity contribution >= 4 is 22.6 Å². The van der Waals surface area contributed by atoms with Crippen LogP contribution in [-0.2, 0) is 5.41 Å². The molecule has 238 valence electrons. The predicted octanol–water partition coefficient (Wildman–Crippen LogP) is 12.9. The molecule has 0 fully saturated rings. The first-order valence-corrected chi connectivity index (χ1v) is 17.1. The summed E-state index contributed by atoms with van der Waals surface area (Å²) < 4.78 is 0.